The molecule has 1 N–H and O–H groups in total. The number of hydrogen-bond donors (Lipinski definition) is 1. The Morgan fingerprint density at radius 1 is 1.13 bits per heavy atom. The smallest absolute Gasteiger partial charge is 0.446 e. The fourth-order valence-corrected chi connectivity index (χ4v) is 6.78. The maximum Gasteiger partial charge on any atom is 0.573 e. The molecule has 0 bridgehead atoms. The molecule has 0 radical (unpaired) electrons. The first-order valence-corrected chi connectivity index (χ1v) is 14.1. The number of hydrogen-bond acceptors (Lipinski definition) is 6. The van der Waals surface area contributed by atoms with Crippen LogP contribution in [0, 0.1) is 0 Å². The van der Waals surface area contributed by atoms with E-state index in [0.717, 1.165) is 5.39 Å². The number of amides is 1. The molecule has 1 fully saturated rings. The number of nitrogens with one attached hydrogen (secondary N) is 1. The van der Waals surface area contributed by atoms with Crippen LogP contribution in [0.4, 0.5) is 13.2 Å². The highest BCUT2D eigenvalue weighted by Crippen LogP contribution is 2.31. The average molecular weight is 562 g/mol. The molecule has 0 spiro atoms. The first-order valence-electron chi connectivity index (χ1n) is 11.7. The Balaban J connectivity index is 1.26. The standard InChI is InChI=1S/C26H22F3N3O4S2/c27-26(28,29)36-21-9-7-17(8-10-21)18-11-12-30-20(14-18)16-31-25(33)22-5-3-13-32(22)38(34,37)24-15-19-4-1-2-6-23(19)35-24/h1-2,4,6-12,14-15,22H,3,5,13,16H2,(H,31,33)/t22-,38?/m0/s1. The maximum atomic E-state index is 13.6. The highest BCUT2D eigenvalue weighted by molar-refractivity contribution is 8.31. The summed E-state index contributed by atoms with van der Waals surface area (Å²) in [5.74, 6) is -0.637. The van der Waals surface area contributed by atoms with E-state index >= 15 is 0 Å². The minimum absolute atomic E-state index is 0.107. The van der Waals surface area contributed by atoms with E-state index in [2.05, 4.69) is 15.0 Å². The molecule has 12 heteroatoms. The normalized spacial score (nSPS) is 17.8. The van der Waals surface area contributed by atoms with Crippen molar-refractivity contribution >= 4 is 36.7 Å². The number of para-hydroxylation sites is 1. The lowest BCUT2D eigenvalue weighted by molar-refractivity contribution is -0.274. The van der Waals surface area contributed by atoms with Gasteiger partial charge in [-0.1, -0.05) is 30.3 Å². The van der Waals surface area contributed by atoms with E-state index in [0.29, 0.717) is 41.8 Å². The summed E-state index contributed by atoms with van der Waals surface area (Å²) in [7, 11) is -3.19. The van der Waals surface area contributed by atoms with Crippen LogP contribution in [-0.2, 0) is 31.2 Å². The second-order valence-corrected chi connectivity index (χ2v) is 11.9. The molecule has 2 aromatic carbocycles. The Labute approximate surface area is 221 Å². The first-order chi connectivity index (χ1) is 18.1. The zero-order chi connectivity index (χ0) is 26.9. The van der Waals surface area contributed by atoms with Crippen molar-refractivity contribution in [2.45, 2.75) is 36.9 Å². The van der Waals surface area contributed by atoms with Crippen molar-refractivity contribution in [3.63, 3.8) is 0 Å². The lowest BCUT2D eigenvalue weighted by Gasteiger charge is -2.24. The van der Waals surface area contributed by atoms with Crippen LogP contribution < -0.4 is 10.1 Å². The summed E-state index contributed by atoms with van der Waals surface area (Å²) in [6.07, 6.45) is -2.05. The number of rotatable bonds is 7. The topological polar surface area (TPSA) is 84.7 Å². The van der Waals surface area contributed by atoms with Gasteiger partial charge < -0.3 is 14.5 Å². The number of furan rings is 1. The summed E-state index contributed by atoms with van der Waals surface area (Å²) in [6.45, 7) is 0.509. The molecule has 7 nitrogen and oxygen atoms in total. The van der Waals surface area contributed by atoms with Gasteiger partial charge in [0.2, 0.25) is 11.0 Å². The SMILES string of the molecule is O=C(NCc1cc(-c2ccc(OC(F)(F)F)cc2)ccn1)[C@@H]1CCCN1S(=O)(=S)c1cc2ccccc2o1. The predicted molar refractivity (Wildman–Crippen MR) is 138 cm³/mol. The summed E-state index contributed by atoms with van der Waals surface area (Å²) < 4.78 is 62.1. The number of ether oxygens (including phenoxy) is 1. The Kier molecular flexibility index (Phi) is 7.12. The van der Waals surface area contributed by atoms with Gasteiger partial charge in [-0.05, 0) is 54.3 Å². The summed E-state index contributed by atoms with van der Waals surface area (Å²) in [5.41, 5.74) is 2.50. The second-order valence-electron chi connectivity index (χ2n) is 8.70. The molecule has 0 saturated carbocycles. The number of carbonyl (C=O) groups excluding carboxylic acids is 1. The Bertz CT molecular complexity index is 1540. The molecule has 4 aromatic rings. The minimum Gasteiger partial charge on any atom is -0.446 e. The van der Waals surface area contributed by atoms with E-state index < -0.39 is 21.1 Å². The fourth-order valence-electron chi connectivity index (χ4n) is 4.39. The number of aromatic nitrogens is 1. The van der Waals surface area contributed by atoms with Gasteiger partial charge in [-0.2, -0.15) is 0 Å². The van der Waals surface area contributed by atoms with Gasteiger partial charge in [0.15, 0.2) is 8.68 Å². The van der Waals surface area contributed by atoms with Crippen LogP contribution in [-0.4, -0.2) is 38.4 Å². The van der Waals surface area contributed by atoms with E-state index in [-0.39, 0.29) is 23.3 Å². The molecule has 1 aliphatic heterocycles. The van der Waals surface area contributed by atoms with E-state index in [9.17, 15) is 22.2 Å². The number of benzene rings is 2. The molecule has 198 valence electrons. The van der Waals surface area contributed by atoms with Gasteiger partial charge in [-0.25, -0.2) is 8.51 Å². The van der Waals surface area contributed by atoms with E-state index in [1.165, 1.54) is 28.6 Å². The van der Waals surface area contributed by atoms with Crippen LogP contribution in [0.1, 0.15) is 18.5 Å². The number of alkyl halides is 3. The van der Waals surface area contributed by atoms with Gasteiger partial charge in [0.1, 0.15) is 17.4 Å². The van der Waals surface area contributed by atoms with Crippen molar-refractivity contribution < 1.29 is 31.3 Å². The van der Waals surface area contributed by atoms with Gasteiger partial charge in [0.25, 0.3) is 0 Å². The summed E-state index contributed by atoms with van der Waals surface area (Å²) in [4.78, 5) is 17.4. The van der Waals surface area contributed by atoms with Gasteiger partial charge in [-0.3, -0.25) is 9.78 Å². The molecule has 1 saturated heterocycles. The second kappa shape index (κ2) is 10.4. The van der Waals surface area contributed by atoms with Crippen LogP contribution >= 0.6 is 0 Å². The van der Waals surface area contributed by atoms with Crippen LogP contribution in [0.5, 0.6) is 5.75 Å². The Morgan fingerprint density at radius 3 is 2.63 bits per heavy atom. The number of carbonyl (C=O) groups is 1. The monoisotopic (exact) mass is 561 g/mol. The van der Waals surface area contributed by atoms with Gasteiger partial charge in [0.05, 0.1) is 12.2 Å². The van der Waals surface area contributed by atoms with E-state index in [1.54, 1.807) is 30.5 Å². The Morgan fingerprint density at radius 2 is 1.89 bits per heavy atom. The molecular formula is C26H22F3N3O4S2. The van der Waals surface area contributed by atoms with Gasteiger partial charge >= 0.3 is 6.36 Å². The molecule has 5 rings (SSSR count). The van der Waals surface area contributed by atoms with E-state index in [1.807, 2.05) is 18.2 Å². The fraction of sp³-hybridized carbons (Fsp3) is 0.231. The van der Waals surface area contributed by atoms with Gasteiger partial charge in [-0.15, -0.1) is 13.2 Å². The highest BCUT2D eigenvalue weighted by atomic mass is 32.8. The quantitative estimate of drug-likeness (QED) is 0.334. The summed E-state index contributed by atoms with van der Waals surface area (Å²) >= 11 is 5.49. The predicted octanol–water partition coefficient (Wildman–Crippen LogP) is 5.19. The molecular weight excluding hydrogens is 539 g/mol. The van der Waals surface area contributed by atoms with Gasteiger partial charge in [0, 0.05) is 35.4 Å². The van der Waals surface area contributed by atoms with Crippen molar-refractivity contribution in [2.24, 2.45) is 0 Å². The largest absolute Gasteiger partial charge is 0.573 e. The maximum absolute atomic E-state index is 13.6. The zero-order valence-electron chi connectivity index (χ0n) is 19.8. The van der Waals surface area contributed by atoms with E-state index in [4.69, 9.17) is 15.6 Å². The molecule has 0 aliphatic carbocycles. The minimum atomic E-state index is -4.76. The lowest BCUT2D eigenvalue weighted by Crippen LogP contribution is -2.45. The number of fused-ring (bicyclic) bond motifs is 1. The van der Waals surface area contributed by atoms with Crippen LogP contribution in [0.25, 0.3) is 22.1 Å². The molecule has 1 aliphatic rings. The highest BCUT2D eigenvalue weighted by Gasteiger charge is 2.38. The first kappa shape index (κ1) is 26.1. The summed E-state index contributed by atoms with van der Waals surface area (Å²) in [6, 6.07) is 17.2. The Hall–Kier alpha value is -3.48. The van der Waals surface area contributed by atoms with Crippen molar-refractivity contribution in [1.82, 2.24) is 14.6 Å². The van der Waals surface area contributed by atoms with Crippen molar-refractivity contribution in [3.05, 3.63) is 78.6 Å². The third-order valence-corrected chi connectivity index (χ3v) is 8.99. The van der Waals surface area contributed by atoms with Crippen molar-refractivity contribution in [1.29, 1.82) is 0 Å². The lowest BCUT2D eigenvalue weighted by atomic mass is 10.1. The third-order valence-electron chi connectivity index (χ3n) is 6.15. The number of nitrogens with zero attached hydrogens (tertiary/aromatic N) is 2. The number of pyridine rings is 1. The molecule has 3 heterocycles. The molecule has 2 atom stereocenters. The van der Waals surface area contributed by atoms with Crippen LogP contribution in [0.3, 0.4) is 0 Å². The number of halogens is 3. The zero-order valence-corrected chi connectivity index (χ0v) is 21.4. The molecule has 38 heavy (non-hydrogen) atoms. The van der Waals surface area contributed by atoms with Crippen molar-refractivity contribution in [2.75, 3.05) is 6.54 Å². The molecule has 1 unspecified atom stereocenters. The van der Waals surface area contributed by atoms with Crippen LogP contribution in [0.2, 0.25) is 0 Å². The third kappa shape index (κ3) is 5.66. The van der Waals surface area contributed by atoms with Crippen molar-refractivity contribution in [3.8, 4) is 16.9 Å². The molecule has 2 aromatic heterocycles. The summed E-state index contributed by atoms with van der Waals surface area (Å²) in [5, 5.41) is 3.79. The van der Waals surface area contributed by atoms with Crippen LogP contribution in [0.15, 0.2) is 82.4 Å². The molecule has 1 amide bonds. The average Bonchev–Trinajstić information content (AvgIpc) is 3.55.